The molecule has 0 bridgehead atoms. The van der Waals surface area contributed by atoms with E-state index in [1.807, 2.05) is 0 Å². The van der Waals surface area contributed by atoms with Gasteiger partial charge in [0.2, 0.25) is 0 Å². The number of anilines is 1. The molecule has 0 fully saturated rings. The van der Waals surface area contributed by atoms with Crippen molar-refractivity contribution in [3.05, 3.63) is 22.9 Å². The molecule has 0 spiro atoms. The van der Waals surface area contributed by atoms with Gasteiger partial charge in [-0.15, -0.1) is 0 Å². The standard InChI is InChI=1S/C8H11F2N3O/c9-8(10)7-5(2-11)4(3-14)1-6(12)13-7/h1,8,14H,2-3,11H2,(H2,12,13). The Morgan fingerprint density at radius 2 is 2.14 bits per heavy atom. The van der Waals surface area contributed by atoms with Gasteiger partial charge in [0, 0.05) is 6.54 Å². The van der Waals surface area contributed by atoms with Gasteiger partial charge in [-0.1, -0.05) is 0 Å². The van der Waals surface area contributed by atoms with Gasteiger partial charge in [0.05, 0.1) is 6.61 Å². The Morgan fingerprint density at radius 3 is 2.57 bits per heavy atom. The Labute approximate surface area is 79.6 Å². The minimum Gasteiger partial charge on any atom is -0.392 e. The average molecular weight is 203 g/mol. The van der Waals surface area contributed by atoms with Crippen LogP contribution in [0.4, 0.5) is 14.6 Å². The minimum atomic E-state index is -2.73. The predicted octanol–water partition coefficient (Wildman–Crippen LogP) is 0.552. The van der Waals surface area contributed by atoms with Crippen LogP contribution in [0.1, 0.15) is 23.2 Å². The molecule has 78 valence electrons. The summed E-state index contributed by atoms with van der Waals surface area (Å²) >= 11 is 0. The van der Waals surface area contributed by atoms with E-state index in [1.54, 1.807) is 0 Å². The molecular formula is C8H11F2N3O. The van der Waals surface area contributed by atoms with Crippen molar-refractivity contribution in [3.63, 3.8) is 0 Å². The lowest BCUT2D eigenvalue weighted by Gasteiger charge is -2.11. The van der Waals surface area contributed by atoms with E-state index in [2.05, 4.69) is 4.98 Å². The molecule has 1 rings (SSSR count). The molecule has 0 aromatic carbocycles. The number of nitrogen functional groups attached to an aromatic ring is 1. The Balaban J connectivity index is 3.31. The SMILES string of the molecule is NCc1c(CO)cc(N)nc1C(F)F. The highest BCUT2D eigenvalue weighted by Gasteiger charge is 2.17. The van der Waals surface area contributed by atoms with Crippen LogP contribution in [0.15, 0.2) is 6.07 Å². The van der Waals surface area contributed by atoms with Gasteiger partial charge in [-0.3, -0.25) is 0 Å². The van der Waals surface area contributed by atoms with E-state index >= 15 is 0 Å². The molecule has 0 atom stereocenters. The van der Waals surface area contributed by atoms with Crippen molar-refractivity contribution in [2.75, 3.05) is 5.73 Å². The van der Waals surface area contributed by atoms with E-state index < -0.39 is 12.1 Å². The van der Waals surface area contributed by atoms with Crippen LogP contribution in [0.2, 0.25) is 0 Å². The number of aromatic nitrogens is 1. The number of alkyl halides is 2. The lowest BCUT2D eigenvalue weighted by atomic mass is 10.1. The number of hydrogen-bond donors (Lipinski definition) is 3. The van der Waals surface area contributed by atoms with E-state index in [-0.39, 0.29) is 24.5 Å². The van der Waals surface area contributed by atoms with Crippen LogP contribution < -0.4 is 11.5 Å². The van der Waals surface area contributed by atoms with Crippen molar-refractivity contribution in [1.82, 2.24) is 4.98 Å². The molecule has 1 aromatic rings. The van der Waals surface area contributed by atoms with Gasteiger partial charge in [-0.05, 0) is 17.2 Å². The first-order valence-electron chi connectivity index (χ1n) is 3.97. The molecule has 0 radical (unpaired) electrons. The monoisotopic (exact) mass is 203 g/mol. The zero-order chi connectivity index (χ0) is 10.7. The van der Waals surface area contributed by atoms with Crippen molar-refractivity contribution in [1.29, 1.82) is 0 Å². The number of nitrogens with two attached hydrogens (primary N) is 2. The second-order valence-electron chi connectivity index (χ2n) is 2.73. The van der Waals surface area contributed by atoms with E-state index in [1.165, 1.54) is 6.07 Å². The Kier molecular flexibility index (Phi) is 3.32. The van der Waals surface area contributed by atoms with Crippen molar-refractivity contribution >= 4 is 5.82 Å². The number of hydrogen-bond acceptors (Lipinski definition) is 4. The van der Waals surface area contributed by atoms with E-state index in [0.717, 1.165) is 0 Å². The molecule has 1 heterocycles. The maximum Gasteiger partial charge on any atom is 0.280 e. The molecule has 6 heteroatoms. The lowest BCUT2D eigenvalue weighted by Crippen LogP contribution is -2.10. The number of nitrogens with zero attached hydrogens (tertiary/aromatic N) is 1. The fourth-order valence-corrected chi connectivity index (χ4v) is 1.23. The van der Waals surface area contributed by atoms with E-state index in [4.69, 9.17) is 16.6 Å². The lowest BCUT2D eigenvalue weighted by molar-refractivity contribution is 0.144. The minimum absolute atomic E-state index is 0.0402. The molecule has 0 saturated heterocycles. The summed E-state index contributed by atoms with van der Waals surface area (Å²) in [5, 5.41) is 8.90. The average Bonchev–Trinajstić information content (AvgIpc) is 2.16. The Morgan fingerprint density at radius 1 is 1.50 bits per heavy atom. The van der Waals surface area contributed by atoms with Gasteiger partial charge < -0.3 is 16.6 Å². The van der Waals surface area contributed by atoms with Crippen LogP contribution in [0.3, 0.4) is 0 Å². The molecule has 14 heavy (non-hydrogen) atoms. The van der Waals surface area contributed by atoms with Gasteiger partial charge in [-0.2, -0.15) is 0 Å². The zero-order valence-corrected chi connectivity index (χ0v) is 7.37. The summed E-state index contributed by atoms with van der Waals surface area (Å²) in [5.41, 5.74) is 10.6. The van der Waals surface area contributed by atoms with Gasteiger partial charge >= 0.3 is 0 Å². The number of halogens is 2. The molecule has 0 saturated carbocycles. The highest BCUT2D eigenvalue weighted by atomic mass is 19.3. The second kappa shape index (κ2) is 4.30. The molecule has 0 aliphatic heterocycles. The second-order valence-corrected chi connectivity index (χ2v) is 2.73. The molecular weight excluding hydrogens is 192 g/mol. The summed E-state index contributed by atoms with van der Waals surface area (Å²) in [6, 6.07) is 1.34. The van der Waals surface area contributed by atoms with Gasteiger partial charge in [-0.25, -0.2) is 13.8 Å². The maximum absolute atomic E-state index is 12.5. The molecule has 0 amide bonds. The fourth-order valence-electron chi connectivity index (χ4n) is 1.23. The van der Waals surface area contributed by atoms with Gasteiger partial charge in [0.15, 0.2) is 0 Å². The number of rotatable bonds is 3. The van der Waals surface area contributed by atoms with Crippen LogP contribution in [0.25, 0.3) is 0 Å². The third kappa shape index (κ3) is 1.97. The number of aliphatic hydroxyl groups excluding tert-OH is 1. The van der Waals surface area contributed by atoms with Crippen molar-refractivity contribution in [3.8, 4) is 0 Å². The summed E-state index contributed by atoms with van der Waals surface area (Å²) < 4.78 is 24.9. The number of aliphatic hydroxyl groups is 1. The molecule has 5 N–H and O–H groups in total. The van der Waals surface area contributed by atoms with E-state index in [9.17, 15) is 8.78 Å². The first-order valence-corrected chi connectivity index (χ1v) is 3.97. The highest BCUT2D eigenvalue weighted by Crippen LogP contribution is 2.25. The Hall–Kier alpha value is -1.27. The van der Waals surface area contributed by atoms with Crippen molar-refractivity contribution in [2.45, 2.75) is 19.6 Å². The molecule has 4 nitrogen and oxygen atoms in total. The highest BCUT2D eigenvalue weighted by molar-refractivity contribution is 5.41. The quantitative estimate of drug-likeness (QED) is 0.669. The van der Waals surface area contributed by atoms with Gasteiger partial charge in [0.1, 0.15) is 11.5 Å². The van der Waals surface area contributed by atoms with Crippen molar-refractivity contribution < 1.29 is 13.9 Å². The Bertz CT molecular complexity index is 331. The maximum atomic E-state index is 12.5. The van der Waals surface area contributed by atoms with Crippen LogP contribution in [0, 0.1) is 0 Å². The van der Waals surface area contributed by atoms with Crippen LogP contribution in [0.5, 0.6) is 0 Å². The topological polar surface area (TPSA) is 85.2 Å². The van der Waals surface area contributed by atoms with Crippen LogP contribution >= 0.6 is 0 Å². The third-order valence-corrected chi connectivity index (χ3v) is 1.85. The normalized spacial score (nSPS) is 10.9. The summed E-state index contributed by atoms with van der Waals surface area (Å²) in [6.07, 6.45) is -2.73. The number of pyridine rings is 1. The van der Waals surface area contributed by atoms with Crippen LogP contribution in [-0.2, 0) is 13.2 Å². The predicted molar refractivity (Wildman–Crippen MR) is 47.4 cm³/mol. The molecule has 1 aromatic heterocycles. The first kappa shape index (κ1) is 10.8. The molecule has 0 aliphatic rings. The molecule has 0 aliphatic carbocycles. The third-order valence-electron chi connectivity index (χ3n) is 1.85. The first-order chi connectivity index (χ1) is 6.60. The molecule has 0 unspecified atom stereocenters. The summed E-state index contributed by atoms with van der Waals surface area (Å²) in [6.45, 7) is -0.470. The van der Waals surface area contributed by atoms with Crippen molar-refractivity contribution in [2.24, 2.45) is 5.73 Å². The smallest absolute Gasteiger partial charge is 0.280 e. The van der Waals surface area contributed by atoms with Crippen LogP contribution in [-0.4, -0.2) is 10.1 Å². The largest absolute Gasteiger partial charge is 0.392 e. The van der Waals surface area contributed by atoms with E-state index in [0.29, 0.717) is 5.56 Å². The summed E-state index contributed by atoms with van der Waals surface area (Å²) in [7, 11) is 0. The zero-order valence-electron chi connectivity index (χ0n) is 7.37. The van der Waals surface area contributed by atoms with Gasteiger partial charge in [0.25, 0.3) is 6.43 Å². The summed E-state index contributed by atoms with van der Waals surface area (Å²) in [5.74, 6) is -0.0402. The summed E-state index contributed by atoms with van der Waals surface area (Å²) in [4.78, 5) is 3.49. The fraction of sp³-hybridized carbons (Fsp3) is 0.375.